The first-order valence-electron chi connectivity index (χ1n) is 6.49. The van der Waals surface area contributed by atoms with Crippen molar-refractivity contribution in [2.24, 2.45) is 0 Å². The second kappa shape index (κ2) is 5.45. The third kappa shape index (κ3) is 3.40. The van der Waals surface area contributed by atoms with E-state index in [1.165, 1.54) is 0 Å². The van der Waals surface area contributed by atoms with Crippen molar-refractivity contribution in [2.45, 2.75) is 51.0 Å². The van der Waals surface area contributed by atoms with E-state index in [2.05, 4.69) is 22.2 Å². The summed E-state index contributed by atoms with van der Waals surface area (Å²) in [5, 5.41) is 13.4. The maximum absolute atomic E-state index is 10.2. The predicted molar refractivity (Wildman–Crippen MR) is 67.9 cm³/mol. The molecule has 0 radical (unpaired) electrons. The lowest BCUT2D eigenvalue weighted by Gasteiger charge is -2.22. The molecule has 0 spiro atoms. The molecular formula is C13H21N3O. The highest BCUT2D eigenvalue weighted by molar-refractivity contribution is 5.35. The van der Waals surface area contributed by atoms with Crippen LogP contribution in [0.2, 0.25) is 0 Å². The van der Waals surface area contributed by atoms with Gasteiger partial charge in [0, 0.05) is 18.3 Å². The van der Waals surface area contributed by atoms with Crippen molar-refractivity contribution in [1.29, 1.82) is 0 Å². The monoisotopic (exact) mass is 235 g/mol. The average Bonchev–Trinajstić information content (AvgIpc) is 2.76. The summed E-state index contributed by atoms with van der Waals surface area (Å²) in [4.78, 5) is 8.39. The molecule has 0 bridgehead atoms. The van der Waals surface area contributed by atoms with Crippen molar-refractivity contribution in [2.75, 3.05) is 11.9 Å². The standard InChI is InChI=1S/C13H21N3O/c1-2-5-11-8-12(16-10-15-11)14-9-13(17)6-3-4-7-13/h8,10,17H,2-7,9H2,1H3,(H,14,15,16). The summed E-state index contributed by atoms with van der Waals surface area (Å²) in [5.74, 6) is 0.823. The third-order valence-corrected chi connectivity index (χ3v) is 3.36. The highest BCUT2D eigenvalue weighted by atomic mass is 16.3. The molecule has 1 heterocycles. The van der Waals surface area contributed by atoms with Crippen LogP contribution in [-0.4, -0.2) is 27.2 Å². The van der Waals surface area contributed by atoms with Crippen molar-refractivity contribution in [3.05, 3.63) is 18.1 Å². The first-order chi connectivity index (χ1) is 8.22. The number of hydrogen-bond acceptors (Lipinski definition) is 4. The minimum absolute atomic E-state index is 0.532. The van der Waals surface area contributed by atoms with Crippen LogP contribution < -0.4 is 5.32 Å². The molecular weight excluding hydrogens is 214 g/mol. The summed E-state index contributed by atoms with van der Waals surface area (Å²) < 4.78 is 0. The van der Waals surface area contributed by atoms with Crippen molar-refractivity contribution >= 4 is 5.82 Å². The fourth-order valence-electron chi connectivity index (χ4n) is 2.35. The van der Waals surface area contributed by atoms with Crippen molar-refractivity contribution in [3.8, 4) is 0 Å². The smallest absolute Gasteiger partial charge is 0.129 e. The third-order valence-electron chi connectivity index (χ3n) is 3.36. The largest absolute Gasteiger partial charge is 0.388 e. The van der Waals surface area contributed by atoms with Crippen molar-refractivity contribution < 1.29 is 5.11 Å². The number of hydrogen-bond donors (Lipinski definition) is 2. The van der Waals surface area contributed by atoms with Gasteiger partial charge in [-0.3, -0.25) is 0 Å². The molecule has 1 saturated carbocycles. The van der Waals surface area contributed by atoms with E-state index in [1.54, 1.807) is 6.33 Å². The van der Waals surface area contributed by atoms with Gasteiger partial charge in [-0.1, -0.05) is 26.2 Å². The van der Waals surface area contributed by atoms with Crippen LogP contribution >= 0.6 is 0 Å². The van der Waals surface area contributed by atoms with Gasteiger partial charge in [-0.15, -0.1) is 0 Å². The highest BCUT2D eigenvalue weighted by Gasteiger charge is 2.30. The summed E-state index contributed by atoms with van der Waals surface area (Å²) in [6.07, 6.45) is 7.69. The summed E-state index contributed by atoms with van der Waals surface area (Å²) in [6.45, 7) is 2.73. The minimum atomic E-state index is -0.532. The number of aryl methyl sites for hydroxylation is 1. The Hall–Kier alpha value is -1.16. The van der Waals surface area contributed by atoms with E-state index < -0.39 is 5.60 Å². The lowest BCUT2D eigenvalue weighted by Crippen LogP contribution is -2.33. The molecule has 0 atom stereocenters. The molecule has 1 aromatic rings. The van der Waals surface area contributed by atoms with E-state index in [9.17, 15) is 5.11 Å². The molecule has 4 heteroatoms. The Bertz CT molecular complexity index is 361. The summed E-state index contributed by atoms with van der Waals surface area (Å²) >= 11 is 0. The second-order valence-corrected chi connectivity index (χ2v) is 4.93. The molecule has 0 saturated heterocycles. The molecule has 0 amide bonds. The lowest BCUT2D eigenvalue weighted by molar-refractivity contribution is 0.0614. The zero-order valence-corrected chi connectivity index (χ0v) is 10.4. The predicted octanol–water partition coefficient (Wildman–Crippen LogP) is 2.15. The maximum atomic E-state index is 10.2. The first-order valence-corrected chi connectivity index (χ1v) is 6.49. The average molecular weight is 235 g/mol. The Morgan fingerprint density at radius 2 is 2.12 bits per heavy atom. The van der Waals surface area contributed by atoms with Crippen LogP contribution in [0.5, 0.6) is 0 Å². The molecule has 0 aliphatic heterocycles. The molecule has 4 nitrogen and oxygen atoms in total. The van der Waals surface area contributed by atoms with Gasteiger partial charge in [0.05, 0.1) is 5.60 Å². The number of anilines is 1. The van der Waals surface area contributed by atoms with Crippen LogP contribution in [0.25, 0.3) is 0 Å². The molecule has 1 aromatic heterocycles. The van der Waals surface area contributed by atoms with Gasteiger partial charge in [0.15, 0.2) is 0 Å². The van der Waals surface area contributed by atoms with Crippen LogP contribution in [0, 0.1) is 0 Å². The zero-order valence-electron chi connectivity index (χ0n) is 10.4. The Balaban J connectivity index is 1.91. The second-order valence-electron chi connectivity index (χ2n) is 4.93. The number of aliphatic hydroxyl groups is 1. The number of nitrogens with zero attached hydrogens (tertiary/aromatic N) is 2. The molecule has 2 rings (SSSR count). The quantitative estimate of drug-likeness (QED) is 0.821. The van der Waals surface area contributed by atoms with Crippen LogP contribution in [0.1, 0.15) is 44.7 Å². The molecule has 1 aliphatic rings. The SMILES string of the molecule is CCCc1cc(NCC2(O)CCCC2)ncn1. The normalized spacial score (nSPS) is 18.2. The maximum Gasteiger partial charge on any atom is 0.129 e. The van der Waals surface area contributed by atoms with Gasteiger partial charge in [0.2, 0.25) is 0 Å². The van der Waals surface area contributed by atoms with E-state index in [0.717, 1.165) is 50.0 Å². The van der Waals surface area contributed by atoms with Gasteiger partial charge in [0.25, 0.3) is 0 Å². The van der Waals surface area contributed by atoms with Gasteiger partial charge in [-0.2, -0.15) is 0 Å². The number of rotatable bonds is 5. The molecule has 94 valence electrons. The van der Waals surface area contributed by atoms with E-state index in [0.29, 0.717) is 6.54 Å². The molecule has 1 fully saturated rings. The van der Waals surface area contributed by atoms with Gasteiger partial charge in [-0.05, 0) is 19.3 Å². The fraction of sp³-hybridized carbons (Fsp3) is 0.692. The Labute approximate surface area is 102 Å². The van der Waals surface area contributed by atoms with E-state index in [-0.39, 0.29) is 0 Å². The molecule has 1 aliphatic carbocycles. The van der Waals surface area contributed by atoms with E-state index in [1.807, 2.05) is 6.07 Å². The highest BCUT2D eigenvalue weighted by Crippen LogP contribution is 2.29. The molecule has 0 aromatic carbocycles. The molecule has 0 unspecified atom stereocenters. The lowest BCUT2D eigenvalue weighted by atomic mass is 10.0. The summed E-state index contributed by atoms with van der Waals surface area (Å²) in [7, 11) is 0. The van der Waals surface area contributed by atoms with Gasteiger partial charge >= 0.3 is 0 Å². The van der Waals surface area contributed by atoms with Crippen molar-refractivity contribution in [1.82, 2.24) is 9.97 Å². The Kier molecular flexibility index (Phi) is 3.94. The Morgan fingerprint density at radius 3 is 2.82 bits per heavy atom. The van der Waals surface area contributed by atoms with Gasteiger partial charge < -0.3 is 10.4 Å². The molecule has 2 N–H and O–H groups in total. The Morgan fingerprint density at radius 1 is 1.35 bits per heavy atom. The zero-order chi connectivity index (χ0) is 12.1. The minimum Gasteiger partial charge on any atom is -0.388 e. The fourth-order valence-corrected chi connectivity index (χ4v) is 2.35. The number of aromatic nitrogens is 2. The van der Waals surface area contributed by atoms with Crippen molar-refractivity contribution in [3.63, 3.8) is 0 Å². The number of nitrogens with one attached hydrogen (secondary N) is 1. The van der Waals surface area contributed by atoms with Crippen LogP contribution in [-0.2, 0) is 6.42 Å². The van der Waals surface area contributed by atoms with Crippen LogP contribution in [0.15, 0.2) is 12.4 Å². The van der Waals surface area contributed by atoms with Gasteiger partial charge in [-0.25, -0.2) is 9.97 Å². The first kappa shape index (κ1) is 12.3. The topological polar surface area (TPSA) is 58.0 Å². The summed E-state index contributed by atoms with van der Waals surface area (Å²) in [6, 6.07) is 1.97. The van der Waals surface area contributed by atoms with E-state index in [4.69, 9.17) is 0 Å². The van der Waals surface area contributed by atoms with Crippen LogP contribution in [0.3, 0.4) is 0 Å². The van der Waals surface area contributed by atoms with Gasteiger partial charge in [0.1, 0.15) is 12.1 Å². The summed E-state index contributed by atoms with van der Waals surface area (Å²) in [5.41, 5.74) is 0.527. The van der Waals surface area contributed by atoms with Crippen LogP contribution in [0.4, 0.5) is 5.82 Å². The van der Waals surface area contributed by atoms with E-state index >= 15 is 0 Å². The molecule has 17 heavy (non-hydrogen) atoms.